The van der Waals surface area contributed by atoms with Crippen molar-refractivity contribution >= 4 is 27.9 Å². The van der Waals surface area contributed by atoms with Crippen LogP contribution in [0.2, 0.25) is 5.02 Å². The van der Waals surface area contributed by atoms with Crippen molar-refractivity contribution in [1.82, 2.24) is 29.6 Å². The first kappa shape index (κ1) is 15.1. The summed E-state index contributed by atoms with van der Waals surface area (Å²) in [4.78, 5) is 0.381. The van der Waals surface area contributed by atoms with E-state index < -0.39 is 16.9 Å². The van der Waals surface area contributed by atoms with Crippen molar-refractivity contribution in [2.24, 2.45) is 7.05 Å². The lowest BCUT2D eigenvalue weighted by molar-refractivity contribution is -0.143. The first-order chi connectivity index (χ1) is 11.4. The molecule has 0 radical (unpaired) electrons. The molecule has 0 atom stereocenters. The number of nitrogens with zero attached hydrogens (tertiary/aromatic N) is 6. The van der Waals surface area contributed by atoms with Crippen molar-refractivity contribution < 1.29 is 17.6 Å². The van der Waals surface area contributed by atoms with Gasteiger partial charge in [-0.25, -0.2) is 0 Å². The summed E-state index contributed by atoms with van der Waals surface area (Å²) < 4.78 is 46.4. The normalized spacial score (nSPS) is 12.4. The molecule has 0 fully saturated rings. The van der Waals surface area contributed by atoms with E-state index in [1.165, 1.54) is 17.8 Å². The van der Waals surface area contributed by atoms with Crippen LogP contribution in [-0.4, -0.2) is 29.6 Å². The minimum atomic E-state index is -4.62. The molecule has 0 N–H and O–H groups in total. The highest BCUT2D eigenvalue weighted by molar-refractivity contribution is 7.19. The molecular formula is C12H6ClF3N6OS. The average Bonchev–Trinajstić information content (AvgIpc) is 3.20. The molecule has 0 aliphatic carbocycles. The molecule has 0 aromatic carbocycles. The smallest absolute Gasteiger partial charge is 0.434 e. The van der Waals surface area contributed by atoms with Gasteiger partial charge in [0.1, 0.15) is 10.7 Å². The molecular weight excluding hydrogens is 369 g/mol. The van der Waals surface area contributed by atoms with Crippen molar-refractivity contribution in [2.45, 2.75) is 6.18 Å². The van der Waals surface area contributed by atoms with Crippen LogP contribution < -0.4 is 0 Å². The summed E-state index contributed by atoms with van der Waals surface area (Å²) in [6.07, 6.45) is -3.15. The molecule has 0 bridgehead atoms. The fourth-order valence-corrected chi connectivity index (χ4v) is 3.46. The van der Waals surface area contributed by atoms with Gasteiger partial charge < -0.3 is 4.42 Å². The Morgan fingerprint density at radius 3 is 2.67 bits per heavy atom. The largest absolute Gasteiger partial charge is 0.461 e. The summed E-state index contributed by atoms with van der Waals surface area (Å²) in [7, 11) is 1.17. The molecule has 4 rings (SSSR count). The maximum atomic E-state index is 13.0. The second-order valence-electron chi connectivity index (χ2n) is 4.74. The summed E-state index contributed by atoms with van der Waals surface area (Å²) in [5.41, 5.74) is -1.09. The number of hydrogen-bond acceptors (Lipinski definition) is 6. The van der Waals surface area contributed by atoms with Crippen LogP contribution in [0.3, 0.4) is 0 Å². The highest BCUT2D eigenvalue weighted by atomic mass is 35.5. The number of rotatable bonds is 2. The second-order valence-corrected chi connectivity index (χ2v) is 6.07. The zero-order valence-corrected chi connectivity index (χ0v) is 13.3. The van der Waals surface area contributed by atoms with E-state index in [2.05, 4.69) is 20.4 Å². The monoisotopic (exact) mass is 374 g/mol. The lowest BCUT2D eigenvalue weighted by Crippen LogP contribution is -2.12. The minimum Gasteiger partial charge on any atom is -0.461 e. The van der Waals surface area contributed by atoms with Gasteiger partial charge in [-0.2, -0.15) is 27.9 Å². The number of hydrogen-bond donors (Lipinski definition) is 0. The minimum absolute atomic E-state index is 0.0626. The molecule has 7 nitrogen and oxygen atoms in total. The Bertz CT molecular complexity index is 1030. The van der Waals surface area contributed by atoms with E-state index in [-0.39, 0.29) is 10.7 Å². The Morgan fingerprint density at radius 2 is 2.04 bits per heavy atom. The summed E-state index contributed by atoms with van der Waals surface area (Å²) in [5.74, 6) is 0.767. The van der Waals surface area contributed by atoms with Crippen LogP contribution >= 0.6 is 22.9 Å². The van der Waals surface area contributed by atoms with Crippen molar-refractivity contribution in [3.63, 3.8) is 0 Å². The number of aryl methyl sites for hydroxylation is 1. The Labute approximate surface area is 140 Å². The number of aromatic nitrogens is 6. The van der Waals surface area contributed by atoms with Gasteiger partial charge in [0.05, 0.1) is 6.26 Å². The summed E-state index contributed by atoms with van der Waals surface area (Å²) in [6, 6.07) is 3.35. The molecule has 0 unspecified atom stereocenters. The second kappa shape index (κ2) is 5.05. The van der Waals surface area contributed by atoms with Crippen LogP contribution in [0.25, 0.3) is 27.2 Å². The zero-order valence-electron chi connectivity index (χ0n) is 11.7. The maximum absolute atomic E-state index is 13.0. The van der Waals surface area contributed by atoms with Crippen LogP contribution in [0.5, 0.6) is 0 Å². The van der Waals surface area contributed by atoms with Gasteiger partial charge >= 0.3 is 6.18 Å². The van der Waals surface area contributed by atoms with E-state index in [1.807, 2.05) is 0 Å². The first-order valence-corrected chi connectivity index (χ1v) is 7.62. The van der Waals surface area contributed by atoms with Crippen LogP contribution in [0.15, 0.2) is 22.8 Å². The molecule has 0 saturated carbocycles. The van der Waals surface area contributed by atoms with E-state index >= 15 is 0 Å². The SMILES string of the molecule is Cn1nc(-c2nn3c(-c4ccco4)nnc3s2)c(Cl)c1C(F)(F)F. The maximum Gasteiger partial charge on any atom is 0.434 e. The Balaban J connectivity index is 1.87. The third kappa shape index (κ3) is 2.19. The van der Waals surface area contributed by atoms with E-state index in [0.717, 1.165) is 11.3 Å². The van der Waals surface area contributed by atoms with E-state index in [9.17, 15) is 13.2 Å². The van der Waals surface area contributed by atoms with Gasteiger partial charge in [0.25, 0.3) is 0 Å². The Hall–Kier alpha value is -2.40. The van der Waals surface area contributed by atoms with Gasteiger partial charge in [0.15, 0.2) is 16.5 Å². The molecule has 4 heterocycles. The molecule has 0 amide bonds. The van der Waals surface area contributed by atoms with Crippen molar-refractivity contribution in [1.29, 1.82) is 0 Å². The van der Waals surface area contributed by atoms with Gasteiger partial charge in [0.2, 0.25) is 10.8 Å². The van der Waals surface area contributed by atoms with E-state index in [1.54, 1.807) is 12.1 Å². The topological polar surface area (TPSA) is 74.0 Å². The summed E-state index contributed by atoms with van der Waals surface area (Å²) in [5, 5.41) is 15.6. The third-order valence-corrected chi connectivity index (χ3v) is 4.46. The van der Waals surface area contributed by atoms with Gasteiger partial charge in [0, 0.05) is 7.05 Å². The molecule has 4 aromatic heterocycles. The van der Waals surface area contributed by atoms with Crippen LogP contribution in [0.4, 0.5) is 13.2 Å². The fraction of sp³-hybridized carbons (Fsp3) is 0.167. The molecule has 12 heteroatoms. The zero-order chi connectivity index (χ0) is 17.1. The van der Waals surface area contributed by atoms with Gasteiger partial charge in [-0.3, -0.25) is 4.68 Å². The molecule has 0 aliphatic heterocycles. The summed E-state index contributed by atoms with van der Waals surface area (Å²) in [6.45, 7) is 0. The molecule has 4 aromatic rings. The molecule has 0 aliphatic rings. The lowest BCUT2D eigenvalue weighted by atomic mass is 10.3. The van der Waals surface area contributed by atoms with E-state index in [4.69, 9.17) is 16.0 Å². The van der Waals surface area contributed by atoms with E-state index in [0.29, 0.717) is 21.2 Å². The van der Waals surface area contributed by atoms with Gasteiger partial charge in [-0.05, 0) is 12.1 Å². The van der Waals surface area contributed by atoms with Gasteiger partial charge in [-0.1, -0.05) is 22.9 Å². The predicted molar refractivity (Wildman–Crippen MR) is 78.6 cm³/mol. The molecule has 0 spiro atoms. The average molecular weight is 375 g/mol. The number of alkyl halides is 3. The van der Waals surface area contributed by atoms with Crippen molar-refractivity contribution in [3.05, 3.63) is 29.1 Å². The summed E-state index contributed by atoms with van der Waals surface area (Å²) >= 11 is 6.91. The number of furan rings is 1. The lowest BCUT2D eigenvalue weighted by Gasteiger charge is -2.06. The quantitative estimate of drug-likeness (QED) is 0.536. The van der Waals surface area contributed by atoms with Crippen molar-refractivity contribution in [3.8, 4) is 22.3 Å². The third-order valence-electron chi connectivity index (χ3n) is 3.19. The fourth-order valence-electron chi connectivity index (χ4n) is 2.21. The number of halogens is 4. The van der Waals surface area contributed by atoms with Crippen LogP contribution in [-0.2, 0) is 13.2 Å². The Kier molecular flexibility index (Phi) is 3.18. The first-order valence-electron chi connectivity index (χ1n) is 6.42. The molecule has 124 valence electrons. The predicted octanol–water partition coefficient (Wildman–Crippen LogP) is 3.52. The molecule has 0 saturated heterocycles. The van der Waals surface area contributed by atoms with Gasteiger partial charge in [-0.15, -0.1) is 10.2 Å². The highest BCUT2D eigenvalue weighted by Gasteiger charge is 2.39. The standard InChI is InChI=1S/C12H6ClF3N6OS/c1-21-8(12(14,15)16)6(13)7(19-21)10-20-22-9(5-3-2-4-23-5)17-18-11(22)24-10/h2-4H,1H3. The number of fused-ring (bicyclic) bond motifs is 1. The van der Waals surface area contributed by atoms with Crippen LogP contribution in [0, 0.1) is 0 Å². The highest BCUT2D eigenvalue weighted by Crippen LogP contribution is 2.40. The van der Waals surface area contributed by atoms with Crippen molar-refractivity contribution in [2.75, 3.05) is 0 Å². The Morgan fingerprint density at radius 1 is 1.25 bits per heavy atom. The molecule has 24 heavy (non-hydrogen) atoms. The van der Waals surface area contributed by atoms with Crippen LogP contribution in [0.1, 0.15) is 5.69 Å².